The topological polar surface area (TPSA) is 64.3 Å². The van der Waals surface area contributed by atoms with Gasteiger partial charge in [0.05, 0.1) is 5.57 Å². The highest BCUT2D eigenvalue weighted by Gasteiger charge is 2.42. The molecule has 0 spiro atoms. The molecule has 4 nitrogen and oxygen atoms in total. The predicted octanol–water partition coefficient (Wildman–Crippen LogP) is 0.429. The molecule has 2 aliphatic rings. The molecule has 5 heteroatoms. The monoisotopic (exact) mass is 212 g/mol. The first kappa shape index (κ1) is 9.45. The molecule has 1 saturated heterocycles. The number of thiocarbonyl (C=S) groups is 1. The van der Waals surface area contributed by atoms with Gasteiger partial charge in [-0.1, -0.05) is 0 Å². The molecule has 0 radical (unpaired) electrons. The van der Waals surface area contributed by atoms with Crippen LogP contribution in [-0.2, 0) is 9.53 Å². The number of fused-ring (bicyclic) bond motifs is 1. The van der Waals surface area contributed by atoms with Crippen molar-refractivity contribution in [3.05, 3.63) is 11.8 Å². The number of carbonyl (C=O) groups is 1. The van der Waals surface area contributed by atoms with Crippen molar-refractivity contribution in [2.45, 2.75) is 25.4 Å². The van der Waals surface area contributed by atoms with E-state index in [0.29, 0.717) is 5.57 Å². The lowest BCUT2D eigenvalue weighted by Crippen LogP contribution is -2.25. The van der Waals surface area contributed by atoms with E-state index in [1.54, 1.807) is 6.20 Å². The van der Waals surface area contributed by atoms with Gasteiger partial charge < -0.3 is 15.8 Å². The van der Waals surface area contributed by atoms with Gasteiger partial charge in [0.25, 0.3) is 0 Å². The fourth-order valence-corrected chi connectivity index (χ4v) is 2.15. The number of hydrogen-bond donors (Lipinski definition) is 2. The summed E-state index contributed by atoms with van der Waals surface area (Å²) in [7, 11) is 0. The fourth-order valence-electron chi connectivity index (χ4n) is 2.09. The van der Waals surface area contributed by atoms with Crippen LogP contribution in [0.15, 0.2) is 11.8 Å². The summed E-state index contributed by atoms with van der Waals surface area (Å²) in [5, 5.41) is 2.85. The first-order valence-electron chi connectivity index (χ1n) is 4.65. The van der Waals surface area contributed by atoms with E-state index in [-0.39, 0.29) is 23.1 Å². The van der Waals surface area contributed by atoms with Gasteiger partial charge in [-0.15, -0.1) is 0 Å². The Kier molecular flexibility index (Phi) is 2.41. The van der Waals surface area contributed by atoms with Crippen LogP contribution < -0.4 is 11.1 Å². The Morgan fingerprint density at radius 2 is 2.43 bits per heavy atom. The smallest absolute Gasteiger partial charge is 0.336 e. The molecule has 1 aliphatic heterocycles. The zero-order chi connectivity index (χ0) is 10.1. The highest BCUT2D eigenvalue weighted by Crippen LogP contribution is 2.39. The average Bonchev–Trinajstić information content (AvgIpc) is 2.61. The molecule has 0 aromatic carbocycles. The van der Waals surface area contributed by atoms with Crippen molar-refractivity contribution in [1.82, 2.24) is 5.32 Å². The van der Waals surface area contributed by atoms with Crippen molar-refractivity contribution in [3.63, 3.8) is 0 Å². The predicted molar refractivity (Wildman–Crippen MR) is 55.2 cm³/mol. The summed E-state index contributed by atoms with van der Waals surface area (Å²) in [6.45, 7) is 0. The number of ether oxygens (including phenoxy) is 1. The van der Waals surface area contributed by atoms with Crippen LogP contribution >= 0.6 is 12.2 Å². The zero-order valence-corrected chi connectivity index (χ0v) is 8.47. The standard InChI is InChI=1S/C9H12N2O2S/c10-9(14)11-4-6-5-2-1-3-7(5)13-8(6)12/h4-5,7H,1-3H2,(H3,10,11,14)/b6-4-. The van der Waals surface area contributed by atoms with Crippen molar-refractivity contribution in [2.75, 3.05) is 0 Å². The summed E-state index contributed by atoms with van der Waals surface area (Å²) in [6.07, 6.45) is 4.78. The minimum absolute atomic E-state index is 0.0851. The van der Waals surface area contributed by atoms with E-state index < -0.39 is 0 Å². The second-order valence-corrected chi connectivity index (χ2v) is 4.03. The van der Waals surface area contributed by atoms with Crippen LogP contribution in [0.4, 0.5) is 0 Å². The first-order chi connectivity index (χ1) is 6.68. The third-order valence-corrected chi connectivity index (χ3v) is 2.83. The van der Waals surface area contributed by atoms with E-state index in [4.69, 9.17) is 10.5 Å². The number of rotatable bonds is 1. The summed E-state index contributed by atoms with van der Waals surface area (Å²) >= 11 is 4.66. The number of nitrogens with one attached hydrogen (secondary N) is 1. The van der Waals surface area contributed by atoms with E-state index in [9.17, 15) is 4.79 Å². The van der Waals surface area contributed by atoms with Crippen LogP contribution in [0.25, 0.3) is 0 Å². The van der Waals surface area contributed by atoms with Crippen LogP contribution in [0.2, 0.25) is 0 Å². The maximum atomic E-state index is 11.4. The molecule has 3 N–H and O–H groups in total. The van der Waals surface area contributed by atoms with Gasteiger partial charge in [-0.05, 0) is 31.5 Å². The average molecular weight is 212 g/mol. The normalized spacial score (nSPS) is 32.9. The maximum Gasteiger partial charge on any atom is 0.336 e. The molecular weight excluding hydrogens is 200 g/mol. The Hall–Kier alpha value is -1.10. The van der Waals surface area contributed by atoms with E-state index in [1.165, 1.54) is 0 Å². The molecule has 2 unspecified atom stereocenters. The lowest BCUT2D eigenvalue weighted by Gasteiger charge is -2.05. The number of carbonyl (C=O) groups excluding carboxylic acids is 1. The maximum absolute atomic E-state index is 11.4. The summed E-state index contributed by atoms with van der Waals surface area (Å²) < 4.78 is 5.20. The Morgan fingerprint density at radius 1 is 1.64 bits per heavy atom. The molecule has 14 heavy (non-hydrogen) atoms. The molecule has 1 heterocycles. The Morgan fingerprint density at radius 3 is 3.14 bits per heavy atom. The second kappa shape index (κ2) is 3.57. The highest BCUT2D eigenvalue weighted by molar-refractivity contribution is 7.80. The van der Waals surface area contributed by atoms with Gasteiger partial charge >= 0.3 is 5.97 Å². The van der Waals surface area contributed by atoms with E-state index >= 15 is 0 Å². The summed E-state index contributed by atoms with van der Waals surface area (Å²) in [6, 6.07) is 0. The van der Waals surface area contributed by atoms with Crippen molar-refractivity contribution >= 4 is 23.3 Å². The number of esters is 1. The number of hydrogen-bond acceptors (Lipinski definition) is 3. The molecule has 2 rings (SSSR count). The van der Waals surface area contributed by atoms with Crippen molar-refractivity contribution in [2.24, 2.45) is 11.7 Å². The summed E-state index contributed by atoms with van der Waals surface area (Å²) in [5.41, 5.74) is 5.96. The summed E-state index contributed by atoms with van der Waals surface area (Å²) in [5.74, 6) is 0.00722. The Balaban J connectivity index is 2.13. The Bertz CT molecular complexity index is 314. The lowest BCUT2D eigenvalue weighted by molar-refractivity contribution is -0.138. The number of nitrogens with two attached hydrogens (primary N) is 1. The van der Waals surface area contributed by atoms with Gasteiger partial charge in [0.2, 0.25) is 0 Å². The minimum Gasteiger partial charge on any atom is -0.458 e. The molecule has 2 fully saturated rings. The summed E-state index contributed by atoms with van der Waals surface area (Å²) in [4.78, 5) is 11.4. The molecular formula is C9H12N2O2S. The molecule has 0 aromatic heterocycles. The van der Waals surface area contributed by atoms with E-state index in [0.717, 1.165) is 19.3 Å². The molecule has 0 aromatic rings. The van der Waals surface area contributed by atoms with Crippen LogP contribution in [0.3, 0.4) is 0 Å². The molecule has 76 valence electrons. The van der Waals surface area contributed by atoms with Crippen LogP contribution in [-0.4, -0.2) is 17.2 Å². The Labute approximate surface area is 87.5 Å². The van der Waals surface area contributed by atoms with Crippen molar-refractivity contribution < 1.29 is 9.53 Å². The fraction of sp³-hybridized carbons (Fsp3) is 0.556. The SMILES string of the molecule is NC(=S)N/C=C1\C(=O)OC2CCCC12. The van der Waals surface area contributed by atoms with Gasteiger partial charge in [0.15, 0.2) is 5.11 Å². The third-order valence-electron chi connectivity index (χ3n) is 2.72. The van der Waals surface area contributed by atoms with Crippen LogP contribution in [0, 0.1) is 5.92 Å². The van der Waals surface area contributed by atoms with E-state index in [1.807, 2.05) is 0 Å². The first-order valence-corrected chi connectivity index (χ1v) is 5.06. The molecule has 2 atom stereocenters. The van der Waals surface area contributed by atoms with Gasteiger partial charge in [-0.25, -0.2) is 4.79 Å². The van der Waals surface area contributed by atoms with Gasteiger partial charge in [0, 0.05) is 12.1 Å². The van der Waals surface area contributed by atoms with Gasteiger partial charge in [-0.2, -0.15) is 0 Å². The highest BCUT2D eigenvalue weighted by atomic mass is 32.1. The molecule has 0 bridgehead atoms. The molecule has 0 amide bonds. The van der Waals surface area contributed by atoms with Crippen molar-refractivity contribution in [3.8, 4) is 0 Å². The lowest BCUT2D eigenvalue weighted by atomic mass is 9.99. The molecule has 1 aliphatic carbocycles. The zero-order valence-electron chi connectivity index (χ0n) is 7.66. The third kappa shape index (κ3) is 1.59. The van der Waals surface area contributed by atoms with Crippen LogP contribution in [0.1, 0.15) is 19.3 Å². The van der Waals surface area contributed by atoms with Crippen molar-refractivity contribution in [1.29, 1.82) is 0 Å². The van der Waals surface area contributed by atoms with Gasteiger partial charge in [0.1, 0.15) is 6.10 Å². The largest absolute Gasteiger partial charge is 0.458 e. The quantitative estimate of drug-likeness (QED) is 0.375. The van der Waals surface area contributed by atoms with Crippen LogP contribution in [0.5, 0.6) is 0 Å². The minimum atomic E-state index is -0.233. The van der Waals surface area contributed by atoms with Gasteiger partial charge in [-0.3, -0.25) is 0 Å². The second-order valence-electron chi connectivity index (χ2n) is 3.59. The van der Waals surface area contributed by atoms with E-state index in [2.05, 4.69) is 17.5 Å². The molecule has 1 saturated carbocycles.